The molecule has 0 nitrogen and oxygen atoms in total. The lowest BCUT2D eigenvalue weighted by Crippen LogP contribution is -2.11. The van der Waals surface area contributed by atoms with Crippen LogP contribution in [-0.4, -0.2) is 0 Å². The second-order valence-corrected chi connectivity index (χ2v) is 4.55. The Morgan fingerprint density at radius 2 is 1.69 bits per heavy atom. The molecule has 13 heavy (non-hydrogen) atoms. The summed E-state index contributed by atoms with van der Waals surface area (Å²) in [6.45, 7) is 6.79. The summed E-state index contributed by atoms with van der Waals surface area (Å²) in [6, 6.07) is 4.77. The zero-order chi connectivity index (χ0) is 9.42. The first kappa shape index (κ1) is 8.80. The fraction of sp³-hybridized carbons (Fsp3) is 0.538. The first-order valence-electron chi connectivity index (χ1n) is 5.26. The first-order valence-corrected chi connectivity index (χ1v) is 5.26. The third kappa shape index (κ3) is 1.63. The molecule has 0 aromatic heterocycles. The van der Waals surface area contributed by atoms with E-state index in [1.54, 1.807) is 11.1 Å². The van der Waals surface area contributed by atoms with Gasteiger partial charge in [-0.3, -0.25) is 0 Å². The number of hydrogen-bond donors (Lipinski definition) is 0. The monoisotopic (exact) mass is 174 g/mol. The highest BCUT2D eigenvalue weighted by Crippen LogP contribution is 2.27. The van der Waals surface area contributed by atoms with Crippen molar-refractivity contribution in [2.75, 3.05) is 0 Å². The lowest BCUT2D eigenvalue weighted by molar-refractivity contribution is 0.501. The average molecular weight is 174 g/mol. The van der Waals surface area contributed by atoms with Crippen molar-refractivity contribution in [3.8, 4) is 0 Å². The Bertz CT molecular complexity index is 323. The minimum atomic E-state index is 0.884. The van der Waals surface area contributed by atoms with Crippen LogP contribution in [0.4, 0.5) is 0 Å². The lowest BCUT2D eigenvalue weighted by Gasteiger charge is -2.22. The molecule has 0 saturated carbocycles. The average Bonchev–Trinajstić information content (AvgIpc) is 2.08. The van der Waals surface area contributed by atoms with Gasteiger partial charge in [0.05, 0.1) is 0 Å². The van der Waals surface area contributed by atoms with Gasteiger partial charge in [-0.05, 0) is 61.3 Å². The molecular weight excluding hydrogens is 156 g/mol. The quantitative estimate of drug-likeness (QED) is 0.565. The SMILES string of the molecule is Cc1cc2c(cc1C)CC(C)CC2. The normalized spacial score (nSPS) is 21.3. The Balaban J connectivity index is 2.43. The maximum atomic E-state index is 2.39. The molecule has 1 aromatic carbocycles. The second kappa shape index (κ2) is 3.17. The van der Waals surface area contributed by atoms with Gasteiger partial charge in [-0.2, -0.15) is 0 Å². The minimum Gasteiger partial charge on any atom is -0.0622 e. The Labute approximate surface area is 81.0 Å². The summed E-state index contributed by atoms with van der Waals surface area (Å²) in [4.78, 5) is 0. The molecule has 0 fully saturated rings. The van der Waals surface area contributed by atoms with E-state index < -0.39 is 0 Å². The molecule has 0 heterocycles. The smallest absolute Gasteiger partial charge is 0.0250 e. The summed E-state index contributed by atoms with van der Waals surface area (Å²) >= 11 is 0. The van der Waals surface area contributed by atoms with Crippen molar-refractivity contribution in [1.82, 2.24) is 0 Å². The van der Waals surface area contributed by atoms with Crippen LogP contribution in [0, 0.1) is 19.8 Å². The van der Waals surface area contributed by atoms with Crippen LogP contribution >= 0.6 is 0 Å². The highest BCUT2D eigenvalue weighted by molar-refractivity contribution is 5.38. The van der Waals surface area contributed by atoms with E-state index in [1.165, 1.54) is 30.4 Å². The topological polar surface area (TPSA) is 0 Å². The third-order valence-electron chi connectivity index (χ3n) is 3.29. The van der Waals surface area contributed by atoms with Crippen molar-refractivity contribution in [3.63, 3.8) is 0 Å². The molecule has 70 valence electrons. The molecule has 1 aromatic rings. The summed E-state index contributed by atoms with van der Waals surface area (Å²) in [5.41, 5.74) is 6.10. The number of benzene rings is 1. The van der Waals surface area contributed by atoms with Gasteiger partial charge < -0.3 is 0 Å². The molecule has 0 saturated heterocycles. The van der Waals surface area contributed by atoms with Gasteiger partial charge in [0.2, 0.25) is 0 Å². The summed E-state index contributed by atoms with van der Waals surface area (Å²) in [5, 5.41) is 0. The summed E-state index contributed by atoms with van der Waals surface area (Å²) < 4.78 is 0. The van der Waals surface area contributed by atoms with Gasteiger partial charge in [-0.15, -0.1) is 0 Å². The van der Waals surface area contributed by atoms with Gasteiger partial charge in [0, 0.05) is 0 Å². The zero-order valence-corrected chi connectivity index (χ0v) is 8.85. The fourth-order valence-corrected chi connectivity index (χ4v) is 2.24. The molecule has 0 spiro atoms. The molecule has 1 aliphatic rings. The number of hydrogen-bond acceptors (Lipinski definition) is 0. The van der Waals surface area contributed by atoms with Crippen molar-refractivity contribution >= 4 is 0 Å². The van der Waals surface area contributed by atoms with Crippen LogP contribution < -0.4 is 0 Å². The highest BCUT2D eigenvalue weighted by Gasteiger charge is 2.15. The van der Waals surface area contributed by atoms with Gasteiger partial charge in [-0.1, -0.05) is 19.1 Å². The van der Waals surface area contributed by atoms with E-state index in [9.17, 15) is 0 Å². The summed E-state index contributed by atoms with van der Waals surface area (Å²) in [7, 11) is 0. The predicted molar refractivity (Wildman–Crippen MR) is 57.1 cm³/mol. The highest BCUT2D eigenvalue weighted by atomic mass is 14.2. The van der Waals surface area contributed by atoms with E-state index in [4.69, 9.17) is 0 Å². The summed E-state index contributed by atoms with van der Waals surface area (Å²) in [6.07, 6.45) is 3.95. The Morgan fingerprint density at radius 3 is 2.38 bits per heavy atom. The molecule has 1 atom stereocenters. The van der Waals surface area contributed by atoms with E-state index in [0.29, 0.717) is 0 Å². The zero-order valence-electron chi connectivity index (χ0n) is 8.85. The van der Waals surface area contributed by atoms with Crippen molar-refractivity contribution in [2.45, 2.75) is 40.0 Å². The van der Waals surface area contributed by atoms with Gasteiger partial charge in [0.1, 0.15) is 0 Å². The Hall–Kier alpha value is -0.780. The number of fused-ring (bicyclic) bond motifs is 1. The van der Waals surface area contributed by atoms with E-state index in [1.807, 2.05) is 0 Å². The summed E-state index contributed by atoms with van der Waals surface area (Å²) in [5.74, 6) is 0.884. The molecule has 1 aliphatic carbocycles. The van der Waals surface area contributed by atoms with Crippen LogP contribution in [0.25, 0.3) is 0 Å². The molecular formula is C13H18. The Kier molecular flexibility index (Phi) is 2.15. The van der Waals surface area contributed by atoms with Crippen molar-refractivity contribution in [2.24, 2.45) is 5.92 Å². The maximum Gasteiger partial charge on any atom is -0.0250 e. The minimum absolute atomic E-state index is 0.884. The molecule has 0 N–H and O–H groups in total. The maximum absolute atomic E-state index is 2.39. The molecule has 0 bridgehead atoms. The van der Waals surface area contributed by atoms with E-state index >= 15 is 0 Å². The molecule has 0 radical (unpaired) electrons. The molecule has 0 amide bonds. The van der Waals surface area contributed by atoms with Crippen LogP contribution in [0.1, 0.15) is 35.6 Å². The lowest BCUT2D eigenvalue weighted by atomic mass is 9.83. The largest absolute Gasteiger partial charge is 0.0622 e. The standard InChI is InChI=1S/C13H18/c1-9-4-5-12-7-10(2)11(3)8-13(12)6-9/h7-9H,4-6H2,1-3H3. The Morgan fingerprint density at radius 1 is 1.08 bits per heavy atom. The first-order chi connectivity index (χ1) is 6.16. The van der Waals surface area contributed by atoms with E-state index in [2.05, 4.69) is 32.9 Å². The van der Waals surface area contributed by atoms with E-state index in [0.717, 1.165) is 5.92 Å². The van der Waals surface area contributed by atoms with Crippen LogP contribution in [0.15, 0.2) is 12.1 Å². The van der Waals surface area contributed by atoms with Crippen molar-refractivity contribution in [1.29, 1.82) is 0 Å². The van der Waals surface area contributed by atoms with Crippen LogP contribution in [0.2, 0.25) is 0 Å². The molecule has 0 heteroatoms. The van der Waals surface area contributed by atoms with Gasteiger partial charge in [-0.25, -0.2) is 0 Å². The predicted octanol–water partition coefficient (Wildman–Crippen LogP) is 3.43. The fourth-order valence-electron chi connectivity index (χ4n) is 2.24. The van der Waals surface area contributed by atoms with Gasteiger partial charge in [0.15, 0.2) is 0 Å². The third-order valence-corrected chi connectivity index (χ3v) is 3.29. The number of aryl methyl sites for hydroxylation is 3. The van der Waals surface area contributed by atoms with E-state index in [-0.39, 0.29) is 0 Å². The van der Waals surface area contributed by atoms with Gasteiger partial charge >= 0.3 is 0 Å². The molecule has 2 rings (SSSR count). The number of rotatable bonds is 0. The van der Waals surface area contributed by atoms with Crippen molar-refractivity contribution < 1.29 is 0 Å². The van der Waals surface area contributed by atoms with Crippen LogP contribution in [-0.2, 0) is 12.8 Å². The van der Waals surface area contributed by atoms with Crippen LogP contribution in [0.3, 0.4) is 0 Å². The van der Waals surface area contributed by atoms with Crippen molar-refractivity contribution in [3.05, 3.63) is 34.4 Å². The molecule has 0 aliphatic heterocycles. The second-order valence-electron chi connectivity index (χ2n) is 4.55. The van der Waals surface area contributed by atoms with Gasteiger partial charge in [0.25, 0.3) is 0 Å². The molecule has 1 unspecified atom stereocenters. The van der Waals surface area contributed by atoms with Crippen LogP contribution in [0.5, 0.6) is 0 Å².